The second-order valence-corrected chi connectivity index (χ2v) is 9.14. The summed E-state index contributed by atoms with van der Waals surface area (Å²) in [5, 5.41) is 1.12. The van der Waals surface area contributed by atoms with Gasteiger partial charge in [0.15, 0.2) is 11.5 Å². The van der Waals surface area contributed by atoms with Crippen LogP contribution in [0.5, 0.6) is 0 Å². The summed E-state index contributed by atoms with van der Waals surface area (Å²) < 4.78 is 22.2. The molecule has 0 aliphatic carbocycles. The van der Waals surface area contributed by atoms with E-state index in [4.69, 9.17) is 18.3 Å². The van der Waals surface area contributed by atoms with Gasteiger partial charge in [0.1, 0.15) is 0 Å². The number of hydrogen-bond donors (Lipinski definition) is 0. The van der Waals surface area contributed by atoms with E-state index in [0.29, 0.717) is 10.4 Å². The monoisotopic (exact) mass is 426 g/mol. The van der Waals surface area contributed by atoms with Gasteiger partial charge in [-0.2, -0.15) is 0 Å². The number of carbonyl (C=O) groups is 2. The highest BCUT2D eigenvalue weighted by molar-refractivity contribution is 6.94. The van der Waals surface area contributed by atoms with Crippen molar-refractivity contribution in [2.24, 2.45) is 0 Å². The van der Waals surface area contributed by atoms with Gasteiger partial charge >= 0.3 is 20.5 Å². The van der Waals surface area contributed by atoms with E-state index < -0.39 is 20.5 Å². The minimum absolute atomic E-state index is 0.169. The van der Waals surface area contributed by atoms with Gasteiger partial charge < -0.3 is 18.3 Å². The van der Waals surface area contributed by atoms with Crippen molar-refractivity contribution in [3.63, 3.8) is 0 Å². The highest BCUT2D eigenvalue weighted by Gasteiger charge is 2.51. The zero-order chi connectivity index (χ0) is 22.1. The first-order valence-corrected chi connectivity index (χ1v) is 11.4. The summed E-state index contributed by atoms with van der Waals surface area (Å²) in [6, 6.07) is 16.2. The Morgan fingerprint density at radius 1 is 0.767 bits per heavy atom. The van der Waals surface area contributed by atoms with E-state index in [1.165, 1.54) is 0 Å². The van der Waals surface area contributed by atoms with Crippen molar-refractivity contribution in [1.29, 1.82) is 0 Å². The predicted molar refractivity (Wildman–Crippen MR) is 116 cm³/mol. The lowest BCUT2D eigenvalue weighted by molar-refractivity contribution is -0.140. The minimum Gasteiger partial charge on any atom is -0.487 e. The van der Waals surface area contributed by atoms with E-state index in [9.17, 15) is 9.59 Å². The maximum absolute atomic E-state index is 12.8. The third-order valence-electron chi connectivity index (χ3n) is 4.15. The molecule has 0 N–H and O–H groups in total. The molecule has 2 rings (SSSR count). The van der Waals surface area contributed by atoms with Crippen LogP contribution in [0, 0.1) is 6.92 Å². The minimum atomic E-state index is -3.86. The molecular weight excluding hydrogens is 400 g/mol. The lowest BCUT2D eigenvalue weighted by Gasteiger charge is -2.30. The van der Waals surface area contributed by atoms with Crippen LogP contribution in [0.2, 0.25) is 0 Å². The van der Waals surface area contributed by atoms with E-state index in [2.05, 4.69) is 13.2 Å². The van der Waals surface area contributed by atoms with E-state index in [0.717, 1.165) is 5.56 Å². The Morgan fingerprint density at radius 2 is 1.20 bits per heavy atom. The van der Waals surface area contributed by atoms with Gasteiger partial charge in [0.25, 0.3) is 0 Å². The van der Waals surface area contributed by atoms with Crippen LogP contribution in [-0.4, -0.2) is 33.7 Å². The number of rotatable bonds is 10. The summed E-state index contributed by atoms with van der Waals surface area (Å²) in [4.78, 5) is 25.6. The zero-order valence-corrected chi connectivity index (χ0v) is 18.5. The summed E-state index contributed by atoms with van der Waals surface area (Å²) in [7, 11) is -3.86. The van der Waals surface area contributed by atoms with Crippen LogP contribution in [0.25, 0.3) is 0 Å². The average Bonchev–Trinajstić information content (AvgIpc) is 2.74. The standard InChI is InChI=1S/C23H26O6Si/c1-6-26-18(4)22(24)28-30(20-11-9-8-10-12-20,21-15-13-17(3)14-16-21)29-23(25)19(5)27-7-2/h8-16H,4-7H2,1-3H3. The Kier molecular flexibility index (Phi) is 8.00. The topological polar surface area (TPSA) is 71.1 Å². The molecular formula is C23H26O6Si. The highest BCUT2D eigenvalue weighted by Crippen LogP contribution is 2.16. The van der Waals surface area contributed by atoms with Gasteiger partial charge in [-0.25, -0.2) is 9.59 Å². The average molecular weight is 427 g/mol. The van der Waals surface area contributed by atoms with Crippen LogP contribution >= 0.6 is 0 Å². The van der Waals surface area contributed by atoms with E-state index in [1.807, 2.05) is 25.1 Å². The SMILES string of the molecule is C=C(OCC)C(=O)O[Si](OC(=O)C(=C)OCC)(c1ccccc1)c1ccc(C)cc1. The van der Waals surface area contributed by atoms with Gasteiger partial charge in [-0.1, -0.05) is 60.2 Å². The summed E-state index contributed by atoms with van der Waals surface area (Å²) >= 11 is 0. The van der Waals surface area contributed by atoms with E-state index in [-0.39, 0.29) is 24.7 Å². The summed E-state index contributed by atoms with van der Waals surface area (Å²) in [5.74, 6) is -1.94. The Balaban J connectivity index is 2.62. The Bertz CT molecular complexity index is 873. The molecule has 158 valence electrons. The molecule has 2 aromatic rings. The normalized spacial score (nSPS) is 10.6. The third-order valence-corrected chi connectivity index (χ3v) is 7.28. The van der Waals surface area contributed by atoms with Crippen LogP contribution in [-0.2, 0) is 27.9 Å². The Labute approximate surface area is 178 Å². The maximum atomic E-state index is 12.8. The number of benzene rings is 2. The van der Waals surface area contributed by atoms with Gasteiger partial charge in [-0.05, 0) is 33.9 Å². The van der Waals surface area contributed by atoms with Crippen molar-refractivity contribution >= 4 is 30.9 Å². The van der Waals surface area contributed by atoms with Crippen molar-refractivity contribution in [2.45, 2.75) is 20.8 Å². The molecule has 0 saturated heterocycles. The molecule has 0 saturated carbocycles. The van der Waals surface area contributed by atoms with Gasteiger partial charge in [-0.15, -0.1) is 0 Å². The van der Waals surface area contributed by atoms with Crippen LogP contribution in [0.4, 0.5) is 0 Å². The van der Waals surface area contributed by atoms with Crippen molar-refractivity contribution < 1.29 is 27.9 Å². The molecule has 0 unspecified atom stereocenters. The van der Waals surface area contributed by atoms with Crippen LogP contribution < -0.4 is 10.4 Å². The molecule has 0 aliphatic heterocycles. The van der Waals surface area contributed by atoms with Crippen molar-refractivity contribution in [1.82, 2.24) is 0 Å². The molecule has 6 nitrogen and oxygen atoms in total. The fourth-order valence-corrected chi connectivity index (χ4v) is 5.53. The predicted octanol–water partition coefficient (Wildman–Crippen LogP) is 2.74. The zero-order valence-electron chi connectivity index (χ0n) is 17.5. The summed E-state index contributed by atoms with van der Waals surface area (Å²) in [6.45, 7) is 13.1. The molecule has 0 radical (unpaired) electrons. The first-order chi connectivity index (χ1) is 14.3. The quantitative estimate of drug-likeness (QED) is 0.331. The molecule has 0 bridgehead atoms. The molecule has 7 heteroatoms. The highest BCUT2D eigenvalue weighted by atomic mass is 28.4. The summed E-state index contributed by atoms with van der Waals surface area (Å²) in [5.41, 5.74) is 1.00. The second-order valence-electron chi connectivity index (χ2n) is 6.34. The molecule has 0 amide bonds. The molecule has 0 spiro atoms. The number of hydrogen-bond acceptors (Lipinski definition) is 6. The van der Waals surface area contributed by atoms with E-state index in [1.54, 1.807) is 50.2 Å². The van der Waals surface area contributed by atoms with Gasteiger partial charge in [0.05, 0.1) is 13.2 Å². The largest absolute Gasteiger partial charge is 0.535 e. The van der Waals surface area contributed by atoms with Gasteiger partial charge in [0.2, 0.25) is 0 Å². The van der Waals surface area contributed by atoms with E-state index >= 15 is 0 Å². The fourth-order valence-electron chi connectivity index (χ4n) is 2.69. The fraction of sp³-hybridized carbons (Fsp3) is 0.217. The lowest BCUT2D eigenvalue weighted by atomic mass is 10.2. The third kappa shape index (κ3) is 5.39. The molecule has 0 fully saturated rings. The number of ether oxygens (including phenoxy) is 2. The van der Waals surface area contributed by atoms with Crippen molar-refractivity contribution in [3.8, 4) is 0 Å². The van der Waals surface area contributed by atoms with Gasteiger partial charge in [-0.3, -0.25) is 0 Å². The van der Waals surface area contributed by atoms with Crippen LogP contribution in [0.3, 0.4) is 0 Å². The molecule has 0 aliphatic rings. The lowest BCUT2D eigenvalue weighted by Crippen LogP contribution is -2.65. The Hall–Kier alpha value is -3.32. The van der Waals surface area contributed by atoms with Crippen LogP contribution in [0.1, 0.15) is 19.4 Å². The number of aryl methyl sites for hydroxylation is 1. The summed E-state index contributed by atoms with van der Waals surface area (Å²) in [6.07, 6.45) is 0. The Morgan fingerprint density at radius 3 is 1.63 bits per heavy atom. The molecule has 0 atom stereocenters. The van der Waals surface area contributed by atoms with Crippen molar-refractivity contribution in [2.75, 3.05) is 13.2 Å². The molecule has 30 heavy (non-hydrogen) atoms. The second kappa shape index (κ2) is 10.5. The maximum Gasteiger partial charge on any atom is 0.535 e. The van der Waals surface area contributed by atoms with Crippen LogP contribution in [0.15, 0.2) is 79.3 Å². The number of carbonyl (C=O) groups excluding carboxylic acids is 2. The molecule has 0 heterocycles. The molecule has 0 aromatic heterocycles. The molecule has 2 aromatic carbocycles. The first kappa shape index (κ1) is 23.0. The smallest absolute Gasteiger partial charge is 0.487 e. The first-order valence-electron chi connectivity index (χ1n) is 9.56. The van der Waals surface area contributed by atoms with Gasteiger partial charge in [0, 0.05) is 10.4 Å². The van der Waals surface area contributed by atoms with Crippen molar-refractivity contribution in [3.05, 3.63) is 84.8 Å².